The first kappa shape index (κ1) is 23.1. The van der Waals surface area contributed by atoms with Gasteiger partial charge in [0.2, 0.25) is 0 Å². The highest BCUT2D eigenvalue weighted by Gasteiger charge is 2.36. The van der Waals surface area contributed by atoms with Gasteiger partial charge in [0.1, 0.15) is 5.82 Å². The maximum Gasteiger partial charge on any atom is 0.191 e. The van der Waals surface area contributed by atoms with Crippen LogP contribution in [0.2, 0.25) is 0 Å². The van der Waals surface area contributed by atoms with E-state index in [0.717, 1.165) is 37.6 Å². The lowest BCUT2D eigenvalue weighted by Crippen LogP contribution is -2.41. The van der Waals surface area contributed by atoms with Gasteiger partial charge in [-0.25, -0.2) is 4.39 Å². The minimum absolute atomic E-state index is 0. The van der Waals surface area contributed by atoms with E-state index >= 15 is 0 Å². The largest absolute Gasteiger partial charge is 0.385 e. The third-order valence-corrected chi connectivity index (χ3v) is 5.22. The van der Waals surface area contributed by atoms with Crippen LogP contribution < -0.4 is 10.6 Å². The van der Waals surface area contributed by atoms with Crippen molar-refractivity contribution in [2.45, 2.75) is 52.5 Å². The number of guanidine groups is 1. The van der Waals surface area contributed by atoms with Gasteiger partial charge in [-0.1, -0.05) is 18.6 Å². The summed E-state index contributed by atoms with van der Waals surface area (Å²) in [6.07, 6.45) is 4.78. The highest BCUT2D eigenvalue weighted by atomic mass is 127. The summed E-state index contributed by atoms with van der Waals surface area (Å²) in [5.74, 6) is 0.626. The lowest BCUT2D eigenvalue weighted by atomic mass is 9.67. The number of methoxy groups -OCH3 is 1. The Labute approximate surface area is 174 Å². The number of ether oxygens (including phenoxy) is 1. The monoisotopic (exact) mass is 477 g/mol. The number of hydrogen-bond donors (Lipinski definition) is 2. The molecule has 0 heterocycles. The summed E-state index contributed by atoms with van der Waals surface area (Å²) >= 11 is 0. The van der Waals surface area contributed by atoms with Crippen molar-refractivity contribution in [1.29, 1.82) is 0 Å². The molecule has 0 radical (unpaired) electrons. The molecule has 1 atom stereocenters. The Morgan fingerprint density at radius 3 is 2.65 bits per heavy atom. The van der Waals surface area contributed by atoms with Gasteiger partial charge in [-0.3, -0.25) is 4.99 Å². The van der Waals surface area contributed by atoms with Crippen LogP contribution in [-0.4, -0.2) is 32.8 Å². The van der Waals surface area contributed by atoms with E-state index in [0.29, 0.717) is 5.56 Å². The average Bonchev–Trinajstić information content (AvgIpc) is 2.56. The van der Waals surface area contributed by atoms with E-state index in [-0.39, 0.29) is 41.3 Å². The zero-order valence-electron chi connectivity index (χ0n) is 16.4. The number of halogens is 2. The van der Waals surface area contributed by atoms with Crippen LogP contribution in [0.1, 0.15) is 56.7 Å². The Bertz CT molecular complexity index is 590. The Balaban J connectivity index is 0.00000338. The fourth-order valence-corrected chi connectivity index (χ4v) is 3.22. The molecule has 0 bridgehead atoms. The van der Waals surface area contributed by atoms with Crippen molar-refractivity contribution in [3.8, 4) is 0 Å². The second-order valence-corrected chi connectivity index (χ2v) is 7.17. The predicted molar refractivity (Wildman–Crippen MR) is 117 cm³/mol. The number of rotatable bonds is 8. The maximum atomic E-state index is 13.8. The molecule has 1 aromatic carbocycles. The van der Waals surface area contributed by atoms with Crippen LogP contribution in [0.5, 0.6) is 0 Å². The predicted octanol–water partition coefficient (Wildman–Crippen LogP) is 4.58. The van der Waals surface area contributed by atoms with Gasteiger partial charge in [-0.05, 0) is 62.6 Å². The Morgan fingerprint density at radius 2 is 2.12 bits per heavy atom. The van der Waals surface area contributed by atoms with Gasteiger partial charge < -0.3 is 15.4 Å². The number of benzene rings is 1. The molecule has 1 unspecified atom stereocenters. The first-order valence-corrected chi connectivity index (χ1v) is 9.29. The number of hydrogen-bond acceptors (Lipinski definition) is 2. The minimum Gasteiger partial charge on any atom is -0.385 e. The summed E-state index contributed by atoms with van der Waals surface area (Å²) < 4.78 is 19.1. The second kappa shape index (κ2) is 11.1. The third kappa shape index (κ3) is 6.37. The van der Waals surface area contributed by atoms with Crippen LogP contribution in [-0.2, 0) is 4.74 Å². The smallest absolute Gasteiger partial charge is 0.191 e. The normalized spacial score (nSPS) is 17.0. The Morgan fingerprint density at radius 1 is 1.38 bits per heavy atom. The molecule has 26 heavy (non-hydrogen) atoms. The van der Waals surface area contributed by atoms with Crippen molar-refractivity contribution >= 4 is 29.9 Å². The molecule has 1 saturated carbocycles. The van der Waals surface area contributed by atoms with Gasteiger partial charge in [-0.15, -0.1) is 24.0 Å². The van der Waals surface area contributed by atoms with E-state index in [1.165, 1.54) is 19.3 Å². The van der Waals surface area contributed by atoms with E-state index in [4.69, 9.17) is 9.73 Å². The quantitative estimate of drug-likeness (QED) is 0.328. The lowest BCUT2D eigenvalue weighted by Gasteiger charge is -2.41. The molecule has 0 aliphatic heterocycles. The Kier molecular flexibility index (Phi) is 9.85. The Hall–Kier alpha value is -0.890. The highest BCUT2D eigenvalue weighted by Crippen LogP contribution is 2.44. The molecule has 0 amide bonds. The average molecular weight is 477 g/mol. The van der Waals surface area contributed by atoms with Gasteiger partial charge in [0.05, 0.1) is 6.04 Å². The lowest BCUT2D eigenvalue weighted by molar-refractivity contribution is 0.0778. The summed E-state index contributed by atoms with van der Waals surface area (Å²) in [6.45, 7) is 8.25. The second-order valence-electron chi connectivity index (χ2n) is 7.17. The van der Waals surface area contributed by atoms with E-state index in [1.54, 1.807) is 20.1 Å². The fraction of sp³-hybridized carbons (Fsp3) is 0.650. The highest BCUT2D eigenvalue weighted by molar-refractivity contribution is 14.0. The van der Waals surface area contributed by atoms with Crippen molar-refractivity contribution in [3.63, 3.8) is 0 Å². The van der Waals surface area contributed by atoms with Crippen molar-refractivity contribution in [2.24, 2.45) is 10.4 Å². The zero-order chi connectivity index (χ0) is 18.3. The molecule has 2 N–H and O–H groups in total. The molecule has 4 nitrogen and oxygen atoms in total. The van der Waals surface area contributed by atoms with E-state index < -0.39 is 0 Å². The summed E-state index contributed by atoms with van der Waals surface area (Å²) in [5.41, 5.74) is 1.88. The zero-order valence-corrected chi connectivity index (χ0v) is 18.7. The molecule has 148 valence electrons. The summed E-state index contributed by atoms with van der Waals surface area (Å²) in [5, 5.41) is 6.70. The summed E-state index contributed by atoms with van der Waals surface area (Å²) in [4.78, 5) is 4.81. The van der Waals surface area contributed by atoms with Gasteiger partial charge in [0, 0.05) is 26.8 Å². The molecule has 1 fully saturated rings. The van der Waals surface area contributed by atoms with E-state index in [2.05, 4.69) is 17.6 Å². The summed E-state index contributed by atoms with van der Waals surface area (Å²) in [7, 11) is 1.75. The molecular weight excluding hydrogens is 444 g/mol. The number of aliphatic imine (C=N–C) groups is 1. The standard InChI is InChI=1S/C20H32FN3O.HI/c1-5-22-19(23-14-20(9-6-10-20)11-12-25-4)24-16(3)17-8-7-15(2)18(21)13-17;/h7-8,13,16H,5-6,9-12,14H2,1-4H3,(H2,22,23,24);1H. The molecule has 0 aromatic heterocycles. The topological polar surface area (TPSA) is 45.7 Å². The van der Waals surface area contributed by atoms with E-state index in [9.17, 15) is 4.39 Å². The third-order valence-electron chi connectivity index (χ3n) is 5.22. The van der Waals surface area contributed by atoms with Gasteiger partial charge in [-0.2, -0.15) is 0 Å². The van der Waals surface area contributed by atoms with Crippen LogP contribution in [0.3, 0.4) is 0 Å². The molecular formula is C20H33FIN3O. The first-order valence-electron chi connectivity index (χ1n) is 9.29. The van der Waals surface area contributed by atoms with Crippen LogP contribution in [0.15, 0.2) is 23.2 Å². The van der Waals surface area contributed by atoms with Gasteiger partial charge in [0.25, 0.3) is 0 Å². The number of nitrogens with zero attached hydrogens (tertiary/aromatic N) is 1. The molecule has 1 aliphatic carbocycles. The molecule has 2 rings (SSSR count). The van der Waals surface area contributed by atoms with Crippen LogP contribution in [0.4, 0.5) is 4.39 Å². The van der Waals surface area contributed by atoms with Crippen molar-refractivity contribution in [1.82, 2.24) is 10.6 Å². The van der Waals surface area contributed by atoms with E-state index in [1.807, 2.05) is 19.1 Å². The SMILES string of the molecule is CCNC(=NCC1(CCOC)CCC1)NC(C)c1ccc(C)c(F)c1.I. The molecule has 1 aliphatic rings. The van der Waals surface area contributed by atoms with Crippen LogP contribution >= 0.6 is 24.0 Å². The summed E-state index contributed by atoms with van der Waals surface area (Å²) in [6, 6.07) is 5.37. The van der Waals surface area contributed by atoms with Crippen molar-refractivity contribution in [2.75, 3.05) is 26.8 Å². The van der Waals surface area contributed by atoms with Crippen molar-refractivity contribution < 1.29 is 9.13 Å². The maximum absolute atomic E-state index is 13.8. The first-order chi connectivity index (χ1) is 12.0. The number of nitrogens with one attached hydrogen (secondary N) is 2. The fourth-order valence-electron chi connectivity index (χ4n) is 3.22. The van der Waals surface area contributed by atoms with Gasteiger partial charge >= 0.3 is 0 Å². The molecule has 0 saturated heterocycles. The minimum atomic E-state index is -0.166. The van der Waals surface area contributed by atoms with Gasteiger partial charge in [0.15, 0.2) is 5.96 Å². The molecule has 1 aromatic rings. The molecule has 0 spiro atoms. The van der Waals surface area contributed by atoms with Crippen LogP contribution in [0.25, 0.3) is 0 Å². The van der Waals surface area contributed by atoms with Crippen molar-refractivity contribution in [3.05, 3.63) is 35.1 Å². The van der Waals surface area contributed by atoms with Crippen LogP contribution in [0, 0.1) is 18.2 Å². The molecule has 6 heteroatoms. The number of aryl methyl sites for hydroxylation is 1.